The van der Waals surface area contributed by atoms with Crippen LogP contribution in [-0.4, -0.2) is 36.4 Å². The quantitative estimate of drug-likeness (QED) is 0.168. The van der Waals surface area contributed by atoms with E-state index in [4.69, 9.17) is 30.2 Å². The number of rotatable bonds is 4. The lowest BCUT2D eigenvalue weighted by Gasteiger charge is -2.40. The normalized spacial score (nSPS) is 24.1. The van der Waals surface area contributed by atoms with E-state index >= 15 is 0 Å². The number of fused-ring (bicyclic) bond motifs is 9. The molecule has 2 fully saturated rings. The van der Waals surface area contributed by atoms with Gasteiger partial charge in [0.05, 0.1) is 39.5 Å². The van der Waals surface area contributed by atoms with Crippen molar-refractivity contribution in [2.45, 2.75) is 92.5 Å². The minimum Gasteiger partial charge on any atom is -0.405 e. The van der Waals surface area contributed by atoms with Crippen LogP contribution in [-0.2, 0) is 30.5 Å². The highest BCUT2D eigenvalue weighted by Gasteiger charge is 2.65. The molecule has 0 bridgehead atoms. The van der Waals surface area contributed by atoms with Gasteiger partial charge in [-0.2, -0.15) is 5.26 Å². The van der Waals surface area contributed by atoms with Gasteiger partial charge in [0.25, 0.3) is 0 Å². The highest BCUT2D eigenvalue weighted by molar-refractivity contribution is 7.99. The van der Waals surface area contributed by atoms with Crippen molar-refractivity contribution in [3.8, 4) is 28.3 Å². The molecule has 4 aliphatic rings. The molecule has 0 aromatic heterocycles. The molecular formula is C44H40B2ClNO4S. The molecule has 5 aromatic carbocycles. The summed E-state index contributed by atoms with van der Waals surface area (Å²) in [7, 11) is -1.30. The molecule has 53 heavy (non-hydrogen) atoms. The zero-order valence-corrected chi connectivity index (χ0v) is 32.6. The minimum absolute atomic E-state index is 0.494. The lowest BCUT2D eigenvalue weighted by atomic mass is 9.49. The molecule has 2 atom stereocenters. The summed E-state index contributed by atoms with van der Waals surface area (Å²) >= 11 is 8.89. The lowest BCUT2D eigenvalue weighted by Crippen LogP contribution is -2.46. The van der Waals surface area contributed by atoms with Crippen LogP contribution in [0.5, 0.6) is 0 Å². The van der Waals surface area contributed by atoms with Crippen LogP contribution >= 0.6 is 23.4 Å². The Labute approximate surface area is 322 Å². The van der Waals surface area contributed by atoms with Crippen LogP contribution in [0.4, 0.5) is 0 Å². The van der Waals surface area contributed by atoms with Crippen molar-refractivity contribution < 1.29 is 18.6 Å². The Balaban J connectivity index is 1.19. The number of halogens is 1. The van der Waals surface area contributed by atoms with Gasteiger partial charge in [-0.15, -0.1) is 0 Å². The summed E-state index contributed by atoms with van der Waals surface area (Å²) in [6, 6.07) is 38.9. The van der Waals surface area contributed by atoms with Gasteiger partial charge in [-0.05, 0) is 123 Å². The molecule has 0 radical (unpaired) electrons. The van der Waals surface area contributed by atoms with Gasteiger partial charge in [0.15, 0.2) is 0 Å². The number of benzene rings is 5. The first-order valence-electron chi connectivity index (χ1n) is 18.2. The first-order valence-corrected chi connectivity index (χ1v) is 19.4. The van der Waals surface area contributed by atoms with E-state index in [1.165, 1.54) is 38.3 Å². The highest BCUT2D eigenvalue weighted by atomic mass is 35.5. The largest absolute Gasteiger partial charge is 0.489 e. The van der Waals surface area contributed by atoms with Crippen molar-refractivity contribution >= 4 is 37.4 Å². The Morgan fingerprint density at radius 1 is 0.604 bits per heavy atom. The molecule has 9 heteroatoms. The summed E-state index contributed by atoms with van der Waals surface area (Å²) in [5.41, 5.74) is 8.17. The van der Waals surface area contributed by atoms with Gasteiger partial charge in [-0.25, -0.2) is 0 Å². The number of nitrogens with zero attached hydrogens (tertiary/aromatic N) is 1. The van der Waals surface area contributed by atoms with E-state index in [0.717, 1.165) is 21.6 Å². The van der Waals surface area contributed by atoms with Crippen LogP contribution in [0.25, 0.3) is 22.3 Å². The third kappa shape index (κ3) is 5.09. The molecule has 0 amide bonds. The molecule has 2 unspecified atom stereocenters. The predicted octanol–water partition coefficient (Wildman–Crippen LogP) is 10.5. The molecule has 0 saturated carbocycles. The maximum absolute atomic E-state index is 9.48. The molecule has 1 aliphatic carbocycles. The first kappa shape index (κ1) is 34.9. The van der Waals surface area contributed by atoms with Gasteiger partial charge in [0, 0.05) is 26.8 Å². The molecule has 264 valence electrons. The second-order valence-electron chi connectivity index (χ2n) is 16.4. The van der Waals surface area contributed by atoms with E-state index in [2.05, 4.69) is 106 Å². The van der Waals surface area contributed by atoms with Crippen LogP contribution in [0.15, 0.2) is 113 Å². The molecule has 1 spiro atoms. The minimum atomic E-state index is -0.678. The third-order valence-electron chi connectivity index (χ3n) is 12.5. The average molecular weight is 736 g/mol. The van der Waals surface area contributed by atoms with Gasteiger partial charge >= 0.3 is 14.0 Å². The monoisotopic (exact) mass is 735 g/mol. The Morgan fingerprint density at radius 3 is 1.94 bits per heavy atom. The summed E-state index contributed by atoms with van der Waals surface area (Å²) in [6.45, 7) is 14.5. The number of hydrogen-bond acceptors (Lipinski definition) is 6. The summed E-state index contributed by atoms with van der Waals surface area (Å²) in [4.78, 5) is 2.34. The standard InChI is InChI=1S/C44H40B2ClNO4S/c1-40(2)41(3,4)50-45(49-40)46-51-42(5,6)43(7,52-46)25-28-18-21-31-30-12-8-9-13-33(30)44(35(31)22-28)34-14-10-11-15-38(34)53-39-24-37(47)32(23-36(39)44)29-19-16-27(26-48)17-20-29/h8-24H,25H2,1-7H3. The predicted molar refractivity (Wildman–Crippen MR) is 213 cm³/mol. The average Bonchev–Trinajstić information content (AvgIpc) is 3.64. The third-order valence-corrected chi connectivity index (χ3v) is 14.0. The van der Waals surface area contributed by atoms with E-state index in [1.54, 1.807) is 11.8 Å². The number of nitriles is 1. The smallest absolute Gasteiger partial charge is 0.405 e. The fourth-order valence-electron chi connectivity index (χ4n) is 8.62. The Hall–Kier alpha value is -3.80. The molecule has 5 nitrogen and oxygen atoms in total. The highest BCUT2D eigenvalue weighted by Crippen LogP contribution is 2.63. The number of hydrogen-bond donors (Lipinski definition) is 0. The Kier molecular flexibility index (Phi) is 7.81. The van der Waals surface area contributed by atoms with E-state index < -0.39 is 41.8 Å². The van der Waals surface area contributed by atoms with E-state index in [0.29, 0.717) is 17.0 Å². The summed E-state index contributed by atoms with van der Waals surface area (Å²) in [5.74, 6) is 0. The van der Waals surface area contributed by atoms with Crippen molar-refractivity contribution in [3.05, 3.63) is 142 Å². The van der Waals surface area contributed by atoms with Gasteiger partial charge in [-0.1, -0.05) is 96.2 Å². The van der Waals surface area contributed by atoms with Gasteiger partial charge in [0.1, 0.15) is 0 Å². The van der Waals surface area contributed by atoms with Crippen LogP contribution in [0.3, 0.4) is 0 Å². The van der Waals surface area contributed by atoms with Gasteiger partial charge in [-0.3, -0.25) is 0 Å². The van der Waals surface area contributed by atoms with Crippen LogP contribution in [0.1, 0.15) is 81.8 Å². The van der Waals surface area contributed by atoms with Gasteiger partial charge in [0.2, 0.25) is 0 Å². The van der Waals surface area contributed by atoms with E-state index in [-0.39, 0.29) is 0 Å². The zero-order chi connectivity index (χ0) is 37.1. The molecule has 0 N–H and O–H groups in total. The van der Waals surface area contributed by atoms with E-state index in [9.17, 15) is 5.26 Å². The van der Waals surface area contributed by atoms with E-state index in [1.807, 2.05) is 52.0 Å². The molecule has 3 heterocycles. The molecule has 3 aliphatic heterocycles. The summed E-state index contributed by atoms with van der Waals surface area (Å²) in [5, 5.41) is 10.2. The van der Waals surface area contributed by atoms with Crippen LogP contribution in [0, 0.1) is 11.3 Å². The molecular weight excluding hydrogens is 696 g/mol. The summed E-state index contributed by atoms with van der Waals surface area (Å²) < 4.78 is 26.3. The van der Waals surface area contributed by atoms with Crippen LogP contribution < -0.4 is 0 Å². The lowest BCUT2D eigenvalue weighted by molar-refractivity contribution is -0.00878. The molecule has 5 aromatic rings. The van der Waals surface area contributed by atoms with Crippen molar-refractivity contribution in [3.63, 3.8) is 0 Å². The molecule has 9 rings (SSSR count). The fraction of sp³-hybridized carbons (Fsp3) is 0.295. The van der Waals surface area contributed by atoms with Crippen molar-refractivity contribution in [1.29, 1.82) is 5.26 Å². The zero-order valence-electron chi connectivity index (χ0n) is 31.0. The first-order chi connectivity index (χ1) is 25.2. The van der Waals surface area contributed by atoms with Crippen molar-refractivity contribution in [2.24, 2.45) is 0 Å². The Bertz CT molecular complexity index is 2360. The van der Waals surface area contributed by atoms with Crippen molar-refractivity contribution in [2.75, 3.05) is 0 Å². The second-order valence-corrected chi connectivity index (χ2v) is 17.9. The topological polar surface area (TPSA) is 60.7 Å². The second kappa shape index (κ2) is 11.8. The maximum atomic E-state index is 9.48. The van der Waals surface area contributed by atoms with Crippen LogP contribution in [0.2, 0.25) is 5.02 Å². The van der Waals surface area contributed by atoms with Crippen molar-refractivity contribution in [1.82, 2.24) is 0 Å². The SMILES string of the molecule is CC1(C)OB(B2OC(C)(C)C(C)(Cc3ccc4c(c3)C3(c5ccccc5Sc5cc(Cl)c(-c6ccc(C#N)cc6)cc53)c3ccccc3-4)O2)OC1(C)C. The molecule has 2 saturated heterocycles. The maximum Gasteiger partial charge on any atom is 0.489 e. The van der Waals surface area contributed by atoms with Gasteiger partial charge < -0.3 is 18.6 Å². The Morgan fingerprint density at radius 2 is 1.23 bits per heavy atom. The summed E-state index contributed by atoms with van der Waals surface area (Å²) in [6.07, 6.45) is 0.621. The fourth-order valence-corrected chi connectivity index (χ4v) is 10.2.